The fraction of sp³-hybridized carbons (Fsp3) is 0.300. The van der Waals surface area contributed by atoms with Crippen LogP contribution in [0.25, 0.3) is 10.2 Å². The van der Waals surface area contributed by atoms with E-state index in [0.29, 0.717) is 23.5 Å². The highest BCUT2D eigenvalue weighted by atomic mass is 32.2. The maximum Gasteiger partial charge on any atom is 0.279 e. The van der Waals surface area contributed by atoms with Crippen molar-refractivity contribution in [2.45, 2.75) is 25.3 Å². The third-order valence-corrected chi connectivity index (χ3v) is 7.19. The lowest BCUT2D eigenvalue weighted by Crippen LogP contribution is -2.19. The topological polar surface area (TPSA) is 77.7 Å². The fourth-order valence-electron chi connectivity index (χ4n) is 2.79. The first-order valence-electron chi connectivity index (χ1n) is 8.86. The van der Waals surface area contributed by atoms with Crippen LogP contribution in [0.4, 0.5) is 0 Å². The molecule has 0 bridgehead atoms. The molecular formula is C20H22N2O4S2. The van der Waals surface area contributed by atoms with Crippen molar-refractivity contribution in [3.05, 3.63) is 58.4 Å². The number of aryl methyl sites for hydroxylation is 1. The number of fused-ring (bicyclic) bond motifs is 1. The summed E-state index contributed by atoms with van der Waals surface area (Å²) in [4.78, 5) is 17.8. The molecule has 148 valence electrons. The number of amides is 1. The Balaban J connectivity index is 2.02. The lowest BCUT2D eigenvalue weighted by Gasteiger charge is -2.04. The van der Waals surface area contributed by atoms with Gasteiger partial charge in [-0.2, -0.15) is 4.99 Å². The van der Waals surface area contributed by atoms with Crippen molar-refractivity contribution in [2.24, 2.45) is 4.99 Å². The molecule has 0 radical (unpaired) electrons. The van der Waals surface area contributed by atoms with E-state index >= 15 is 0 Å². The maximum absolute atomic E-state index is 12.7. The normalized spacial score (nSPS) is 12.6. The zero-order chi connectivity index (χ0) is 20.3. The summed E-state index contributed by atoms with van der Waals surface area (Å²) in [7, 11) is -1.66. The monoisotopic (exact) mass is 418 g/mol. The van der Waals surface area contributed by atoms with Crippen LogP contribution in [0.2, 0.25) is 0 Å². The largest absolute Gasteiger partial charge is 0.383 e. The average Bonchev–Trinajstić information content (AvgIpc) is 3.02. The standard InChI is InChI=1S/C20H22N2O4S2/c1-4-28(24,25)16-8-6-15(7-9-16)19(23)21-20-22(11-12-26-3)17-10-5-14(2)13-18(17)27-20/h5-10,13H,4,11-12H2,1-3H3. The number of hydrogen-bond acceptors (Lipinski definition) is 5. The number of aromatic nitrogens is 1. The van der Waals surface area contributed by atoms with Gasteiger partial charge in [-0.3, -0.25) is 4.79 Å². The minimum Gasteiger partial charge on any atom is -0.383 e. The van der Waals surface area contributed by atoms with Gasteiger partial charge < -0.3 is 9.30 Å². The summed E-state index contributed by atoms with van der Waals surface area (Å²) in [5.41, 5.74) is 2.49. The molecule has 8 heteroatoms. The van der Waals surface area contributed by atoms with Crippen molar-refractivity contribution in [3.63, 3.8) is 0 Å². The van der Waals surface area contributed by atoms with E-state index in [0.717, 1.165) is 15.8 Å². The smallest absolute Gasteiger partial charge is 0.279 e. The number of sulfone groups is 1. The number of methoxy groups -OCH3 is 1. The van der Waals surface area contributed by atoms with Crippen molar-refractivity contribution < 1.29 is 17.9 Å². The predicted molar refractivity (Wildman–Crippen MR) is 110 cm³/mol. The van der Waals surface area contributed by atoms with Crippen LogP contribution in [0.3, 0.4) is 0 Å². The Morgan fingerprint density at radius 3 is 2.54 bits per heavy atom. The zero-order valence-electron chi connectivity index (χ0n) is 16.0. The molecule has 0 fully saturated rings. The highest BCUT2D eigenvalue weighted by Crippen LogP contribution is 2.19. The van der Waals surface area contributed by atoms with Crippen molar-refractivity contribution in [1.29, 1.82) is 0 Å². The first kappa shape index (κ1) is 20.4. The van der Waals surface area contributed by atoms with Crippen molar-refractivity contribution in [2.75, 3.05) is 19.5 Å². The van der Waals surface area contributed by atoms with E-state index in [-0.39, 0.29) is 10.6 Å². The highest BCUT2D eigenvalue weighted by Gasteiger charge is 2.13. The molecule has 0 N–H and O–H groups in total. The first-order valence-corrected chi connectivity index (χ1v) is 11.3. The van der Waals surface area contributed by atoms with Crippen LogP contribution in [0.5, 0.6) is 0 Å². The maximum atomic E-state index is 12.7. The molecule has 0 aliphatic heterocycles. The Bertz CT molecular complexity index is 1170. The van der Waals surface area contributed by atoms with Crippen LogP contribution in [0, 0.1) is 6.92 Å². The molecule has 0 aliphatic rings. The fourth-order valence-corrected chi connectivity index (χ4v) is 4.82. The number of hydrogen-bond donors (Lipinski definition) is 0. The molecule has 3 aromatic rings. The number of carbonyl (C=O) groups excluding carboxylic acids is 1. The second-order valence-electron chi connectivity index (χ2n) is 6.35. The van der Waals surface area contributed by atoms with E-state index in [2.05, 4.69) is 11.1 Å². The Kier molecular flexibility index (Phi) is 6.12. The number of ether oxygens (including phenoxy) is 1. The molecule has 0 spiro atoms. The molecule has 3 rings (SSSR count). The Labute approximate surface area is 168 Å². The van der Waals surface area contributed by atoms with E-state index in [1.54, 1.807) is 14.0 Å². The lowest BCUT2D eigenvalue weighted by molar-refractivity contribution is 0.0997. The average molecular weight is 419 g/mol. The summed E-state index contributed by atoms with van der Waals surface area (Å²) >= 11 is 1.45. The molecule has 0 unspecified atom stereocenters. The summed E-state index contributed by atoms with van der Waals surface area (Å²) in [5, 5.41) is 0. The second-order valence-corrected chi connectivity index (χ2v) is 9.63. The van der Waals surface area contributed by atoms with Gasteiger partial charge in [0.15, 0.2) is 14.6 Å². The summed E-state index contributed by atoms with van der Waals surface area (Å²) in [5.74, 6) is -0.388. The molecule has 0 saturated heterocycles. The molecule has 0 atom stereocenters. The Hall–Kier alpha value is -2.29. The van der Waals surface area contributed by atoms with Crippen molar-refractivity contribution in [3.8, 4) is 0 Å². The first-order chi connectivity index (χ1) is 13.4. The molecule has 6 nitrogen and oxygen atoms in total. The van der Waals surface area contributed by atoms with Crippen LogP contribution in [0.1, 0.15) is 22.8 Å². The molecule has 1 amide bonds. The third-order valence-electron chi connectivity index (χ3n) is 4.39. The van der Waals surface area contributed by atoms with Gasteiger partial charge in [-0.25, -0.2) is 8.42 Å². The van der Waals surface area contributed by atoms with Crippen LogP contribution in [0.15, 0.2) is 52.4 Å². The van der Waals surface area contributed by atoms with Gasteiger partial charge >= 0.3 is 0 Å². The van der Waals surface area contributed by atoms with Gasteiger partial charge in [-0.15, -0.1) is 0 Å². The molecule has 1 aromatic heterocycles. The van der Waals surface area contributed by atoms with E-state index in [4.69, 9.17) is 4.74 Å². The van der Waals surface area contributed by atoms with Crippen LogP contribution in [-0.4, -0.2) is 38.4 Å². The van der Waals surface area contributed by atoms with Gasteiger partial charge in [0.25, 0.3) is 5.91 Å². The number of carbonyl (C=O) groups is 1. The second kappa shape index (κ2) is 8.38. The quantitative estimate of drug-likeness (QED) is 0.616. The molecule has 0 saturated carbocycles. The van der Waals surface area contributed by atoms with Gasteiger partial charge in [0, 0.05) is 19.2 Å². The summed E-state index contributed by atoms with van der Waals surface area (Å²) < 4.78 is 32.1. The summed E-state index contributed by atoms with van der Waals surface area (Å²) in [6, 6.07) is 12.0. The van der Waals surface area contributed by atoms with Crippen LogP contribution in [-0.2, 0) is 21.1 Å². The van der Waals surface area contributed by atoms with Gasteiger partial charge in [-0.1, -0.05) is 24.3 Å². The number of thiazole rings is 1. The molecule has 2 aromatic carbocycles. The van der Waals surface area contributed by atoms with Crippen LogP contribution < -0.4 is 4.80 Å². The molecular weight excluding hydrogens is 396 g/mol. The van der Waals surface area contributed by atoms with Gasteiger partial charge in [-0.05, 0) is 48.9 Å². The Morgan fingerprint density at radius 2 is 1.89 bits per heavy atom. The Morgan fingerprint density at radius 1 is 1.18 bits per heavy atom. The number of nitrogens with zero attached hydrogens (tertiary/aromatic N) is 2. The number of benzene rings is 2. The van der Waals surface area contributed by atoms with Gasteiger partial charge in [0.05, 0.1) is 27.5 Å². The minimum atomic E-state index is -3.30. The van der Waals surface area contributed by atoms with E-state index < -0.39 is 15.7 Å². The zero-order valence-corrected chi connectivity index (χ0v) is 17.6. The van der Waals surface area contributed by atoms with E-state index in [1.807, 2.05) is 23.6 Å². The van der Waals surface area contributed by atoms with Crippen molar-refractivity contribution >= 4 is 37.3 Å². The predicted octanol–water partition coefficient (Wildman–Crippen LogP) is 3.19. The summed E-state index contributed by atoms with van der Waals surface area (Å²) in [6.45, 7) is 4.70. The van der Waals surface area contributed by atoms with E-state index in [1.165, 1.54) is 35.6 Å². The van der Waals surface area contributed by atoms with E-state index in [9.17, 15) is 13.2 Å². The molecule has 1 heterocycles. The van der Waals surface area contributed by atoms with Gasteiger partial charge in [0.2, 0.25) is 0 Å². The SMILES string of the molecule is CCS(=O)(=O)c1ccc(C(=O)N=c2sc3cc(C)ccc3n2CCOC)cc1. The number of rotatable bonds is 6. The van der Waals surface area contributed by atoms with Gasteiger partial charge in [0.1, 0.15) is 0 Å². The highest BCUT2D eigenvalue weighted by molar-refractivity contribution is 7.91. The van der Waals surface area contributed by atoms with Crippen LogP contribution >= 0.6 is 11.3 Å². The molecule has 28 heavy (non-hydrogen) atoms. The minimum absolute atomic E-state index is 0.0192. The lowest BCUT2D eigenvalue weighted by atomic mass is 10.2. The third kappa shape index (κ3) is 4.24. The molecule has 0 aliphatic carbocycles. The summed E-state index contributed by atoms with van der Waals surface area (Å²) in [6.07, 6.45) is 0. The van der Waals surface area contributed by atoms with Crippen molar-refractivity contribution in [1.82, 2.24) is 4.57 Å².